The average Bonchev–Trinajstić information content (AvgIpc) is 3.04. The Morgan fingerprint density at radius 2 is 2.00 bits per heavy atom. The predicted molar refractivity (Wildman–Crippen MR) is 56.7 cm³/mol. The second-order valence-corrected chi connectivity index (χ2v) is 3.74. The normalized spacial score (nSPS) is 23.2. The Bertz CT molecular complexity index is 179. The zero-order valence-electron chi connectivity index (χ0n) is 9.48. The molecule has 0 amide bonds. The van der Waals surface area contributed by atoms with E-state index in [1.165, 1.54) is 6.26 Å². The molecule has 0 N–H and O–H groups in total. The number of epoxide rings is 1. The van der Waals surface area contributed by atoms with Gasteiger partial charge in [0.25, 0.3) is 0 Å². The van der Waals surface area contributed by atoms with Crippen LogP contribution in [-0.4, -0.2) is 44.7 Å². The van der Waals surface area contributed by atoms with Crippen LogP contribution in [0.15, 0.2) is 12.8 Å². The Morgan fingerprint density at radius 3 is 2.60 bits per heavy atom. The van der Waals surface area contributed by atoms with Crippen molar-refractivity contribution < 1.29 is 18.9 Å². The van der Waals surface area contributed by atoms with Gasteiger partial charge in [0.2, 0.25) is 0 Å². The summed E-state index contributed by atoms with van der Waals surface area (Å²) in [4.78, 5) is 0. The highest BCUT2D eigenvalue weighted by molar-refractivity contribution is 4.68. The summed E-state index contributed by atoms with van der Waals surface area (Å²) in [6, 6.07) is 0. The Kier molecular flexibility index (Phi) is 5.68. The third kappa shape index (κ3) is 6.49. The molecule has 0 radical (unpaired) electrons. The van der Waals surface area contributed by atoms with Crippen molar-refractivity contribution in [1.29, 1.82) is 0 Å². The van der Waals surface area contributed by atoms with Crippen LogP contribution in [0.3, 0.4) is 0 Å². The van der Waals surface area contributed by atoms with Crippen molar-refractivity contribution >= 4 is 0 Å². The summed E-state index contributed by atoms with van der Waals surface area (Å²) in [5, 5.41) is 0. The maximum absolute atomic E-state index is 5.52. The highest BCUT2D eigenvalue weighted by atomic mass is 16.6. The van der Waals surface area contributed by atoms with Crippen molar-refractivity contribution in [2.75, 3.05) is 26.4 Å². The van der Waals surface area contributed by atoms with Gasteiger partial charge in [-0.1, -0.05) is 6.58 Å². The molecule has 0 saturated carbocycles. The average molecular weight is 216 g/mol. The van der Waals surface area contributed by atoms with Crippen molar-refractivity contribution in [3.05, 3.63) is 12.8 Å². The van der Waals surface area contributed by atoms with Crippen LogP contribution in [0.25, 0.3) is 0 Å². The summed E-state index contributed by atoms with van der Waals surface area (Å²) < 4.78 is 21.1. The molecule has 0 aromatic heterocycles. The predicted octanol–water partition coefficient (Wildman–Crippen LogP) is 1.36. The summed E-state index contributed by atoms with van der Waals surface area (Å²) in [5.74, 6) is 0. The Balaban J connectivity index is 1.93. The van der Waals surface area contributed by atoms with Crippen LogP contribution in [0.1, 0.15) is 13.8 Å². The summed E-state index contributed by atoms with van der Waals surface area (Å²) in [7, 11) is 0. The van der Waals surface area contributed by atoms with Crippen LogP contribution >= 0.6 is 0 Å². The van der Waals surface area contributed by atoms with Crippen LogP contribution < -0.4 is 0 Å². The Labute approximate surface area is 91.1 Å². The van der Waals surface area contributed by atoms with Crippen LogP contribution in [0.4, 0.5) is 0 Å². The fourth-order valence-corrected chi connectivity index (χ4v) is 1.04. The first kappa shape index (κ1) is 12.5. The van der Waals surface area contributed by atoms with Crippen LogP contribution in [-0.2, 0) is 18.9 Å². The topological polar surface area (TPSA) is 40.2 Å². The highest BCUT2D eigenvalue weighted by Crippen LogP contribution is 2.10. The number of hydrogen-bond donors (Lipinski definition) is 0. The molecule has 0 aromatic rings. The van der Waals surface area contributed by atoms with Crippen LogP contribution in [0.5, 0.6) is 0 Å². The second kappa shape index (κ2) is 6.82. The molecule has 88 valence electrons. The van der Waals surface area contributed by atoms with Gasteiger partial charge in [-0.2, -0.15) is 0 Å². The number of hydrogen-bond acceptors (Lipinski definition) is 4. The SMILES string of the molecule is C=COCC(C)OCC(C)OCC1CO1. The van der Waals surface area contributed by atoms with Gasteiger partial charge < -0.3 is 18.9 Å². The molecule has 1 rings (SSSR count). The molecule has 0 aromatic carbocycles. The van der Waals surface area contributed by atoms with E-state index in [1.54, 1.807) is 0 Å². The van der Waals surface area contributed by atoms with Crippen molar-refractivity contribution in [2.24, 2.45) is 0 Å². The van der Waals surface area contributed by atoms with E-state index in [4.69, 9.17) is 18.9 Å². The van der Waals surface area contributed by atoms with Gasteiger partial charge in [0.05, 0.1) is 38.3 Å². The quantitative estimate of drug-likeness (QED) is 0.431. The first-order valence-corrected chi connectivity index (χ1v) is 5.29. The second-order valence-electron chi connectivity index (χ2n) is 3.74. The Hall–Kier alpha value is -0.580. The lowest BCUT2D eigenvalue weighted by Crippen LogP contribution is -2.24. The summed E-state index contributed by atoms with van der Waals surface area (Å²) in [5.41, 5.74) is 0. The lowest BCUT2D eigenvalue weighted by Gasteiger charge is -2.16. The van der Waals surface area contributed by atoms with Crippen molar-refractivity contribution in [2.45, 2.75) is 32.2 Å². The summed E-state index contributed by atoms with van der Waals surface area (Å²) >= 11 is 0. The maximum Gasteiger partial charge on any atom is 0.113 e. The minimum atomic E-state index is 0.0613. The molecule has 1 aliphatic rings. The molecule has 0 bridgehead atoms. The van der Waals surface area contributed by atoms with E-state index in [1.807, 2.05) is 13.8 Å². The van der Waals surface area contributed by atoms with E-state index in [2.05, 4.69) is 6.58 Å². The van der Waals surface area contributed by atoms with Crippen molar-refractivity contribution in [3.8, 4) is 0 Å². The van der Waals surface area contributed by atoms with Crippen LogP contribution in [0.2, 0.25) is 0 Å². The molecular formula is C11H20O4. The molecule has 1 fully saturated rings. The monoisotopic (exact) mass is 216 g/mol. The molecule has 3 atom stereocenters. The van der Waals surface area contributed by atoms with E-state index in [0.29, 0.717) is 25.9 Å². The smallest absolute Gasteiger partial charge is 0.113 e. The van der Waals surface area contributed by atoms with Gasteiger partial charge in [-0.15, -0.1) is 0 Å². The van der Waals surface area contributed by atoms with Gasteiger partial charge in [-0.05, 0) is 13.8 Å². The van der Waals surface area contributed by atoms with E-state index in [9.17, 15) is 0 Å². The van der Waals surface area contributed by atoms with Crippen LogP contribution in [0, 0.1) is 0 Å². The third-order valence-corrected chi connectivity index (χ3v) is 2.03. The van der Waals surface area contributed by atoms with E-state index < -0.39 is 0 Å². The minimum absolute atomic E-state index is 0.0613. The molecular weight excluding hydrogens is 196 g/mol. The molecule has 1 heterocycles. The van der Waals surface area contributed by atoms with Crippen molar-refractivity contribution in [3.63, 3.8) is 0 Å². The molecule has 0 aliphatic carbocycles. The summed E-state index contributed by atoms with van der Waals surface area (Å²) in [6.07, 6.45) is 1.89. The first-order chi connectivity index (χ1) is 7.22. The highest BCUT2D eigenvalue weighted by Gasteiger charge is 2.23. The van der Waals surface area contributed by atoms with Gasteiger partial charge >= 0.3 is 0 Å². The zero-order valence-corrected chi connectivity index (χ0v) is 9.48. The fourth-order valence-electron chi connectivity index (χ4n) is 1.04. The Morgan fingerprint density at radius 1 is 1.33 bits per heavy atom. The van der Waals surface area contributed by atoms with Gasteiger partial charge in [0.15, 0.2) is 0 Å². The summed E-state index contributed by atoms with van der Waals surface area (Å²) in [6.45, 7) is 10.0. The maximum atomic E-state index is 5.52. The molecule has 4 heteroatoms. The van der Waals surface area contributed by atoms with E-state index in [-0.39, 0.29) is 12.2 Å². The van der Waals surface area contributed by atoms with Gasteiger partial charge in [0, 0.05) is 0 Å². The lowest BCUT2D eigenvalue weighted by atomic mass is 10.4. The molecule has 1 aliphatic heterocycles. The van der Waals surface area contributed by atoms with Gasteiger partial charge in [-0.3, -0.25) is 0 Å². The van der Waals surface area contributed by atoms with Gasteiger partial charge in [-0.25, -0.2) is 0 Å². The van der Waals surface area contributed by atoms with Crippen molar-refractivity contribution in [1.82, 2.24) is 0 Å². The van der Waals surface area contributed by atoms with Gasteiger partial charge in [0.1, 0.15) is 12.7 Å². The minimum Gasteiger partial charge on any atom is -0.499 e. The number of ether oxygens (including phenoxy) is 4. The number of rotatable bonds is 9. The molecule has 15 heavy (non-hydrogen) atoms. The van der Waals surface area contributed by atoms with E-state index in [0.717, 1.165) is 6.61 Å². The standard InChI is InChI=1S/C11H20O4/c1-4-12-5-9(2)13-6-10(3)14-7-11-8-15-11/h4,9-11H,1,5-8H2,2-3H3. The molecule has 0 spiro atoms. The zero-order chi connectivity index (χ0) is 11.1. The van der Waals surface area contributed by atoms with E-state index >= 15 is 0 Å². The lowest BCUT2D eigenvalue weighted by molar-refractivity contribution is -0.0494. The fraction of sp³-hybridized carbons (Fsp3) is 0.818. The molecule has 1 saturated heterocycles. The first-order valence-electron chi connectivity index (χ1n) is 5.29. The third-order valence-electron chi connectivity index (χ3n) is 2.03. The molecule has 4 nitrogen and oxygen atoms in total. The molecule has 3 unspecified atom stereocenters. The largest absolute Gasteiger partial charge is 0.499 e.